The van der Waals surface area contributed by atoms with Crippen LogP contribution in [0.25, 0.3) is 0 Å². The highest BCUT2D eigenvalue weighted by Gasteiger charge is 2.17. The molecule has 0 saturated heterocycles. The molecule has 5 aromatic rings. The van der Waals surface area contributed by atoms with E-state index in [2.05, 4.69) is 54.7 Å². The highest BCUT2D eigenvalue weighted by atomic mass is 35.5. The number of halogens is 8. The number of hydrogen-bond acceptors (Lipinski definition) is 13. The van der Waals surface area contributed by atoms with E-state index < -0.39 is 17.5 Å². The monoisotopic (exact) mass is 1120 g/mol. The summed E-state index contributed by atoms with van der Waals surface area (Å²) in [6.07, 6.45) is 0. The van der Waals surface area contributed by atoms with Gasteiger partial charge in [0.25, 0.3) is 0 Å². The zero-order chi connectivity index (χ0) is 47.4. The molecule has 7 rings (SSSR count). The Morgan fingerprint density at radius 3 is 1.20 bits per heavy atom. The van der Waals surface area contributed by atoms with Crippen molar-refractivity contribution >= 4 is 127 Å². The van der Waals surface area contributed by atoms with Crippen molar-refractivity contribution in [2.24, 2.45) is 27.2 Å². The Labute approximate surface area is 447 Å². The average Bonchev–Trinajstić information content (AvgIpc) is 3.31. The van der Waals surface area contributed by atoms with Crippen LogP contribution in [0.5, 0.6) is 0 Å². The summed E-state index contributed by atoms with van der Waals surface area (Å²) < 4.78 is 39.3. The maximum Gasteiger partial charge on any atom is 0.159 e. The fourth-order valence-corrected chi connectivity index (χ4v) is 9.62. The highest BCUT2D eigenvalue weighted by molar-refractivity contribution is 8.14. The maximum atomic E-state index is 13.4. The summed E-state index contributed by atoms with van der Waals surface area (Å²) in [5.41, 5.74) is 23.4. The largest absolute Gasteiger partial charge is 0.379 e. The van der Waals surface area contributed by atoms with Crippen molar-refractivity contribution in [3.63, 3.8) is 0 Å². The summed E-state index contributed by atoms with van der Waals surface area (Å²) in [7, 11) is 0. The SMILES string of the molecule is C.Cl.Cl.Fc1ccc(CN2CN=C(SCc3ccccc3CSC3=NCN(Cc4ccc(F)c(Cl)c4)CN3)NC2)cc1Cl.N=C(N)SCc1ccccc1CSC(=N)N.NCc1ccc(F)c(Cl)c1. The number of nitrogens with two attached hydrogens (primary N) is 3. The lowest BCUT2D eigenvalue weighted by Gasteiger charge is -2.27. The lowest BCUT2D eigenvalue weighted by atomic mass is 10.1. The third-order valence-electron chi connectivity index (χ3n) is 9.47. The molecule has 0 spiro atoms. The molecule has 0 aliphatic carbocycles. The van der Waals surface area contributed by atoms with E-state index in [1.54, 1.807) is 53.9 Å². The molecule has 2 aliphatic rings. The first-order valence-corrected chi connectivity index (χ1v) is 25.2. The Morgan fingerprint density at radius 1 is 0.565 bits per heavy atom. The smallest absolute Gasteiger partial charge is 0.159 e. The van der Waals surface area contributed by atoms with Crippen LogP contribution in [-0.2, 0) is 42.6 Å². The third-order valence-corrected chi connectivity index (χ3v) is 13.9. The maximum absolute atomic E-state index is 13.4. The van der Waals surface area contributed by atoms with Crippen LogP contribution in [0, 0.1) is 28.3 Å². The number of rotatable bonds is 13. The molecule has 69 heavy (non-hydrogen) atoms. The van der Waals surface area contributed by atoms with E-state index in [-0.39, 0.29) is 57.6 Å². The molecular formula is C46H55Cl5F3N11S4. The standard InChI is InChI=1S/C28H28Cl2F2N6S2.C10H14N4S2.C7H7ClFN.CH4.2ClH/c29-23-9-19(5-7-25(23)31)11-37-15-33-27(34-16-37)39-13-21-3-1-2-4-22(21)14-40-28-35-17-38(18-36-28)12-20-6-8-26(32)24(30)10-20;11-9(12)15-5-7-3-1-2-4-8(7)6-16-10(13)14;8-6-3-5(4-10)1-2-7(6)9;;;/h1-10H,11-18H2,(H,33,34)(H,35,36);1-4H,5-6H2,(H3,11,12)(H3,13,14);1-3H,4,10H2;1H4;2*1H. The minimum absolute atomic E-state index is 0. The second-order valence-electron chi connectivity index (χ2n) is 14.4. The Kier molecular flexibility index (Phi) is 29.0. The molecule has 10 N–H and O–H groups in total. The van der Waals surface area contributed by atoms with Crippen LogP contribution in [0.2, 0.25) is 15.1 Å². The van der Waals surface area contributed by atoms with E-state index >= 15 is 0 Å². The zero-order valence-corrected chi connectivity index (χ0v) is 43.5. The molecule has 23 heteroatoms. The van der Waals surface area contributed by atoms with E-state index in [1.807, 2.05) is 24.3 Å². The molecule has 0 radical (unpaired) electrons. The summed E-state index contributed by atoms with van der Waals surface area (Å²) in [4.78, 5) is 13.6. The van der Waals surface area contributed by atoms with Gasteiger partial charge in [0.15, 0.2) is 20.7 Å². The van der Waals surface area contributed by atoms with Gasteiger partial charge in [-0.15, -0.1) is 24.8 Å². The molecule has 0 atom stereocenters. The normalized spacial score (nSPS) is 13.1. The van der Waals surface area contributed by atoms with Crippen molar-refractivity contribution < 1.29 is 13.2 Å². The van der Waals surface area contributed by atoms with Crippen molar-refractivity contribution in [2.75, 3.05) is 26.7 Å². The van der Waals surface area contributed by atoms with Gasteiger partial charge >= 0.3 is 0 Å². The van der Waals surface area contributed by atoms with E-state index in [0.29, 0.717) is 57.8 Å². The molecule has 11 nitrogen and oxygen atoms in total. The molecule has 0 fully saturated rings. The van der Waals surface area contributed by atoms with Crippen LogP contribution >= 0.6 is 107 Å². The zero-order valence-electron chi connectivity index (χ0n) is 36.3. The molecule has 2 aliphatic heterocycles. The minimum atomic E-state index is -0.406. The number of hydrogen-bond donors (Lipinski definition) is 7. The first kappa shape index (κ1) is 61.6. The van der Waals surface area contributed by atoms with Gasteiger partial charge in [-0.25, -0.2) is 23.2 Å². The van der Waals surface area contributed by atoms with Gasteiger partial charge in [-0.1, -0.05) is 156 Å². The summed E-state index contributed by atoms with van der Waals surface area (Å²) >= 11 is 23.3. The number of aliphatic imine (C=N–C) groups is 2. The second-order valence-corrected chi connectivity index (χ2v) is 19.6. The summed E-state index contributed by atoms with van der Waals surface area (Å²) in [5.74, 6) is 1.77. The quantitative estimate of drug-likeness (QED) is 0.0440. The molecule has 0 saturated carbocycles. The van der Waals surface area contributed by atoms with Gasteiger partial charge < -0.3 is 27.8 Å². The number of amidine groups is 4. The first-order chi connectivity index (χ1) is 31.8. The molecule has 0 unspecified atom stereocenters. The summed E-state index contributed by atoms with van der Waals surface area (Å²) in [5, 5.41) is 23.6. The van der Waals surface area contributed by atoms with Gasteiger partial charge in [0, 0.05) is 42.6 Å². The molecule has 0 aromatic heterocycles. The van der Waals surface area contributed by atoms with Gasteiger partial charge in [-0.05, 0) is 75.3 Å². The molecular weight excluding hydrogens is 1070 g/mol. The van der Waals surface area contributed by atoms with Crippen LogP contribution in [-0.4, -0.2) is 57.1 Å². The fourth-order valence-electron chi connectivity index (χ4n) is 6.04. The van der Waals surface area contributed by atoms with Gasteiger partial charge in [0.2, 0.25) is 0 Å². The van der Waals surface area contributed by atoms with Crippen molar-refractivity contribution in [3.05, 3.63) is 175 Å². The summed E-state index contributed by atoms with van der Waals surface area (Å²) in [6, 6.07) is 30.4. The van der Waals surface area contributed by atoms with E-state index in [0.717, 1.165) is 49.7 Å². The van der Waals surface area contributed by atoms with Crippen LogP contribution in [0.15, 0.2) is 113 Å². The van der Waals surface area contributed by atoms with Crippen molar-refractivity contribution in [1.82, 2.24) is 20.4 Å². The number of thioether (sulfide) groups is 4. The first-order valence-electron chi connectivity index (χ1n) is 20.1. The molecule has 0 amide bonds. The van der Waals surface area contributed by atoms with E-state index in [1.165, 1.54) is 58.9 Å². The van der Waals surface area contributed by atoms with Crippen LogP contribution < -0.4 is 27.8 Å². The third kappa shape index (κ3) is 21.8. The second kappa shape index (κ2) is 32.5. The lowest BCUT2D eigenvalue weighted by molar-refractivity contribution is 0.258. The Balaban J connectivity index is 0.000000464. The Morgan fingerprint density at radius 2 is 0.899 bits per heavy atom. The van der Waals surface area contributed by atoms with Gasteiger partial charge in [0.05, 0.1) is 41.7 Å². The van der Waals surface area contributed by atoms with Gasteiger partial charge in [-0.3, -0.25) is 20.6 Å². The lowest BCUT2D eigenvalue weighted by Crippen LogP contribution is -2.41. The predicted molar refractivity (Wildman–Crippen MR) is 297 cm³/mol. The summed E-state index contributed by atoms with van der Waals surface area (Å²) in [6.45, 7) is 4.14. The van der Waals surface area contributed by atoms with Gasteiger partial charge in [-0.2, -0.15) is 0 Å². The van der Waals surface area contributed by atoms with Crippen molar-refractivity contribution in [1.29, 1.82) is 10.8 Å². The molecule has 2 heterocycles. The number of nitrogens with one attached hydrogen (secondary N) is 4. The molecule has 374 valence electrons. The topological polar surface area (TPSA) is 181 Å². The van der Waals surface area contributed by atoms with Gasteiger partial charge in [0.1, 0.15) is 17.5 Å². The number of benzene rings is 5. The van der Waals surface area contributed by atoms with E-state index in [9.17, 15) is 13.2 Å². The van der Waals surface area contributed by atoms with Crippen molar-refractivity contribution in [2.45, 2.75) is 50.1 Å². The Hall–Kier alpha value is -3.50. The molecule has 0 bridgehead atoms. The van der Waals surface area contributed by atoms with Crippen LogP contribution in [0.4, 0.5) is 13.2 Å². The van der Waals surface area contributed by atoms with Crippen LogP contribution in [0.1, 0.15) is 46.4 Å². The predicted octanol–water partition coefficient (Wildman–Crippen LogP) is 11.8. The Bertz CT molecular complexity index is 2350. The average molecular weight is 1120 g/mol. The van der Waals surface area contributed by atoms with Crippen LogP contribution in [0.3, 0.4) is 0 Å². The van der Waals surface area contributed by atoms with Crippen molar-refractivity contribution in [3.8, 4) is 0 Å². The minimum Gasteiger partial charge on any atom is -0.379 e. The van der Waals surface area contributed by atoms with E-state index in [4.69, 9.17) is 62.8 Å². The fraction of sp³-hybridized carbons (Fsp3) is 0.261. The molecule has 5 aromatic carbocycles. The number of nitrogens with zero attached hydrogens (tertiary/aromatic N) is 4. The highest BCUT2D eigenvalue weighted by Crippen LogP contribution is 2.25.